The molecule has 3 nitrogen and oxygen atoms in total. The van der Waals surface area contributed by atoms with Gasteiger partial charge < -0.3 is 10.6 Å². The molecule has 21 heavy (non-hydrogen) atoms. The van der Waals surface area contributed by atoms with Gasteiger partial charge in [-0.05, 0) is 35.4 Å². The molecule has 0 saturated carbocycles. The lowest BCUT2D eigenvalue weighted by atomic mass is 10.1. The van der Waals surface area contributed by atoms with E-state index in [1.807, 2.05) is 18.3 Å². The molecule has 106 valence electrons. The van der Waals surface area contributed by atoms with Gasteiger partial charge in [0.2, 0.25) is 0 Å². The molecule has 0 bridgehead atoms. The number of nitrogens with zero attached hydrogens (tertiary/aromatic N) is 2. The Morgan fingerprint density at radius 1 is 1.05 bits per heavy atom. The highest BCUT2D eigenvalue weighted by molar-refractivity contribution is 5.79. The summed E-state index contributed by atoms with van der Waals surface area (Å²) in [6, 6.07) is 18.8. The number of aromatic nitrogens is 1. The molecular formula is C18H19N3. The van der Waals surface area contributed by atoms with Gasteiger partial charge in [-0.1, -0.05) is 30.3 Å². The lowest BCUT2D eigenvalue weighted by Gasteiger charge is -2.22. The molecule has 3 rings (SSSR count). The second-order valence-electron chi connectivity index (χ2n) is 5.22. The molecule has 0 aliphatic heterocycles. The van der Waals surface area contributed by atoms with Crippen molar-refractivity contribution in [3.05, 3.63) is 71.9 Å². The quantitative estimate of drug-likeness (QED) is 0.795. The first-order valence-electron chi connectivity index (χ1n) is 7.10. The van der Waals surface area contributed by atoms with Gasteiger partial charge in [-0.25, -0.2) is 0 Å². The van der Waals surface area contributed by atoms with Crippen LogP contribution in [0.25, 0.3) is 10.9 Å². The van der Waals surface area contributed by atoms with Crippen molar-refractivity contribution in [2.24, 2.45) is 5.73 Å². The summed E-state index contributed by atoms with van der Waals surface area (Å²) in [5.74, 6) is 0. The predicted molar refractivity (Wildman–Crippen MR) is 88.2 cm³/mol. The zero-order chi connectivity index (χ0) is 14.7. The van der Waals surface area contributed by atoms with Crippen molar-refractivity contribution in [2.75, 3.05) is 11.9 Å². The van der Waals surface area contributed by atoms with Crippen LogP contribution in [0.5, 0.6) is 0 Å². The van der Waals surface area contributed by atoms with Crippen molar-refractivity contribution in [2.45, 2.75) is 13.1 Å². The van der Waals surface area contributed by atoms with Crippen LogP contribution < -0.4 is 10.6 Å². The van der Waals surface area contributed by atoms with Crippen molar-refractivity contribution in [1.29, 1.82) is 0 Å². The molecule has 0 amide bonds. The van der Waals surface area contributed by atoms with Crippen LogP contribution in [0.3, 0.4) is 0 Å². The summed E-state index contributed by atoms with van der Waals surface area (Å²) < 4.78 is 0. The van der Waals surface area contributed by atoms with Crippen molar-refractivity contribution < 1.29 is 0 Å². The number of hydrogen-bond donors (Lipinski definition) is 1. The van der Waals surface area contributed by atoms with E-state index in [-0.39, 0.29) is 0 Å². The summed E-state index contributed by atoms with van der Waals surface area (Å²) in [6.45, 7) is 1.41. The topological polar surface area (TPSA) is 42.2 Å². The molecule has 0 atom stereocenters. The van der Waals surface area contributed by atoms with Gasteiger partial charge in [0.05, 0.1) is 5.52 Å². The van der Waals surface area contributed by atoms with E-state index >= 15 is 0 Å². The molecule has 0 fully saturated rings. The Bertz CT molecular complexity index is 752. The maximum atomic E-state index is 5.82. The van der Waals surface area contributed by atoms with E-state index in [2.05, 4.69) is 59.4 Å². The minimum atomic E-state index is 0.558. The Morgan fingerprint density at radius 2 is 1.90 bits per heavy atom. The molecule has 1 aromatic heterocycles. The highest BCUT2D eigenvalue weighted by Gasteiger charge is 2.07. The summed E-state index contributed by atoms with van der Waals surface area (Å²) in [4.78, 5) is 6.59. The first-order chi connectivity index (χ1) is 10.3. The Labute approximate surface area is 125 Å². The molecule has 0 spiro atoms. The van der Waals surface area contributed by atoms with Crippen LogP contribution in [0, 0.1) is 0 Å². The third-order valence-electron chi connectivity index (χ3n) is 3.71. The van der Waals surface area contributed by atoms with Crippen LogP contribution >= 0.6 is 0 Å². The van der Waals surface area contributed by atoms with E-state index in [1.165, 1.54) is 22.2 Å². The highest BCUT2D eigenvalue weighted by Crippen LogP contribution is 2.21. The third-order valence-corrected chi connectivity index (χ3v) is 3.71. The van der Waals surface area contributed by atoms with E-state index in [0.717, 1.165) is 12.1 Å². The zero-order valence-electron chi connectivity index (χ0n) is 12.2. The lowest BCUT2D eigenvalue weighted by molar-refractivity contribution is 0.905. The van der Waals surface area contributed by atoms with Gasteiger partial charge in [0.1, 0.15) is 0 Å². The molecule has 3 heteroatoms. The number of para-hydroxylation sites is 1. The summed E-state index contributed by atoms with van der Waals surface area (Å²) in [7, 11) is 2.10. The van der Waals surface area contributed by atoms with Crippen LogP contribution in [0.4, 0.5) is 5.69 Å². The van der Waals surface area contributed by atoms with Crippen LogP contribution in [0.2, 0.25) is 0 Å². The molecule has 0 aliphatic carbocycles. The van der Waals surface area contributed by atoms with E-state index < -0.39 is 0 Å². The normalized spacial score (nSPS) is 10.8. The van der Waals surface area contributed by atoms with Crippen molar-refractivity contribution in [3.8, 4) is 0 Å². The first-order valence-corrected chi connectivity index (χ1v) is 7.10. The van der Waals surface area contributed by atoms with E-state index in [9.17, 15) is 0 Å². The Balaban J connectivity index is 1.87. The smallest absolute Gasteiger partial charge is 0.0702 e. The Kier molecular flexibility index (Phi) is 3.84. The molecule has 0 aliphatic rings. The second kappa shape index (κ2) is 5.94. The molecule has 3 aromatic rings. The summed E-state index contributed by atoms with van der Waals surface area (Å²) >= 11 is 0. The first kappa shape index (κ1) is 13.6. The average Bonchev–Trinajstić information content (AvgIpc) is 2.54. The van der Waals surface area contributed by atoms with Gasteiger partial charge in [0.25, 0.3) is 0 Å². The summed E-state index contributed by atoms with van der Waals surface area (Å²) in [5.41, 5.74) is 10.5. The van der Waals surface area contributed by atoms with E-state index in [4.69, 9.17) is 5.73 Å². The van der Waals surface area contributed by atoms with Crippen LogP contribution in [-0.2, 0) is 13.1 Å². The number of hydrogen-bond acceptors (Lipinski definition) is 3. The second-order valence-corrected chi connectivity index (χ2v) is 5.22. The third kappa shape index (κ3) is 2.88. The van der Waals surface area contributed by atoms with Crippen molar-refractivity contribution in [3.63, 3.8) is 0 Å². The SMILES string of the molecule is CN(Cc1ccc2ncccc2c1)c1ccccc1CN. The van der Waals surface area contributed by atoms with Gasteiger partial charge in [-0.15, -0.1) is 0 Å². The zero-order valence-corrected chi connectivity index (χ0v) is 12.2. The number of nitrogens with two attached hydrogens (primary N) is 1. The predicted octanol–water partition coefficient (Wildman–Crippen LogP) is 3.33. The lowest BCUT2D eigenvalue weighted by Crippen LogP contribution is -2.18. The number of anilines is 1. The Hall–Kier alpha value is -2.39. The van der Waals surface area contributed by atoms with E-state index in [0.29, 0.717) is 6.54 Å². The molecule has 2 N–H and O–H groups in total. The maximum Gasteiger partial charge on any atom is 0.0702 e. The highest BCUT2D eigenvalue weighted by atomic mass is 15.1. The molecule has 0 saturated heterocycles. The standard InChI is InChI=1S/C18H19N3/c1-21(18-7-3-2-5-16(18)12-19)13-14-8-9-17-15(11-14)6-4-10-20-17/h2-11H,12-13,19H2,1H3. The van der Waals surface area contributed by atoms with Gasteiger partial charge in [-0.2, -0.15) is 0 Å². The molecule has 0 unspecified atom stereocenters. The Morgan fingerprint density at radius 3 is 2.76 bits per heavy atom. The molecule has 1 heterocycles. The molecule has 0 radical (unpaired) electrons. The van der Waals surface area contributed by atoms with Crippen LogP contribution in [-0.4, -0.2) is 12.0 Å². The van der Waals surface area contributed by atoms with Crippen LogP contribution in [0.1, 0.15) is 11.1 Å². The van der Waals surface area contributed by atoms with Gasteiger partial charge in [-0.3, -0.25) is 4.98 Å². The fraction of sp³-hybridized carbons (Fsp3) is 0.167. The molecular weight excluding hydrogens is 258 g/mol. The fourth-order valence-electron chi connectivity index (χ4n) is 2.64. The summed E-state index contributed by atoms with van der Waals surface area (Å²) in [6.07, 6.45) is 1.83. The van der Waals surface area contributed by atoms with Crippen molar-refractivity contribution in [1.82, 2.24) is 4.98 Å². The minimum absolute atomic E-state index is 0.558. The van der Waals surface area contributed by atoms with Gasteiger partial charge >= 0.3 is 0 Å². The number of benzene rings is 2. The van der Waals surface area contributed by atoms with Crippen LogP contribution in [0.15, 0.2) is 60.8 Å². The fourth-order valence-corrected chi connectivity index (χ4v) is 2.64. The average molecular weight is 277 g/mol. The van der Waals surface area contributed by atoms with Crippen molar-refractivity contribution >= 4 is 16.6 Å². The maximum absolute atomic E-state index is 5.82. The largest absolute Gasteiger partial charge is 0.370 e. The number of pyridine rings is 1. The summed E-state index contributed by atoms with van der Waals surface area (Å²) in [5, 5.41) is 1.18. The van der Waals surface area contributed by atoms with Gasteiger partial charge in [0.15, 0.2) is 0 Å². The monoisotopic (exact) mass is 277 g/mol. The number of fused-ring (bicyclic) bond motifs is 1. The van der Waals surface area contributed by atoms with Gasteiger partial charge in [0, 0.05) is 37.4 Å². The molecule has 2 aromatic carbocycles. The van der Waals surface area contributed by atoms with E-state index in [1.54, 1.807) is 0 Å². The number of rotatable bonds is 4. The minimum Gasteiger partial charge on any atom is -0.370 e.